The minimum atomic E-state index is -1.52. The van der Waals surface area contributed by atoms with E-state index in [-0.39, 0.29) is 12.8 Å². The molecule has 1 aliphatic rings. The summed E-state index contributed by atoms with van der Waals surface area (Å²) in [6, 6.07) is 0. The summed E-state index contributed by atoms with van der Waals surface area (Å²) in [5.74, 6) is -2.73. The second-order valence-corrected chi connectivity index (χ2v) is 2.63. The van der Waals surface area contributed by atoms with Crippen LogP contribution in [0.3, 0.4) is 0 Å². The molecule has 0 atom stereocenters. The van der Waals surface area contributed by atoms with Crippen molar-refractivity contribution in [3.63, 3.8) is 0 Å². The fourth-order valence-corrected chi connectivity index (χ4v) is 1.03. The summed E-state index contributed by atoms with van der Waals surface area (Å²) < 4.78 is -1.52. The van der Waals surface area contributed by atoms with Crippen LogP contribution in [0.4, 0.5) is 0 Å². The van der Waals surface area contributed by atoms with Crippen LogP contribution in [0.15, 0.2) is 12.3 Å². The molecule has 1 aliphatic heterocycles. The lowest BCUT2D eigenvalue weighted by molar-refractivity contribution is -0.928. The van der Waals surface area contributed by atoms with Crippen LogP contribution in [0.25, 0.3) is 0 Å². The van der Waals surface area contributed by atoms with Crippen LogP contribution in [0.2, 0.25) is 0 Å². The zero-order valence-corrected chi connectivity index (χ0v) is 6.64. The summed E-state index contributed by atoms with van der Waals surface area (Å²) in [4.78, 5) is 32.0. The molecule has 2 N–H and O–H groups in total. The molecule has 13 heavy (non-hydrogen) atoms. The number of aliphatic carboxylic acids is 1. The van der Waals surface area contributed by atoms with Crippen LogP contribution >= 0.6 is 0 Å². The molecule has 0 bridgehead atoms. The maximum Gasteiger partial charge on any atom is 0.358 e. The highest BCUT2D eigenvalue weighted by Gasteiger charge is 2.48. The summed E-state index contributed by atoms with van der Waals surface area (Å²) in [6.45, 7) is 0. The number of rotatable bonds is 2. The second kappa shape index (κ2) is 3.08. The molecule has 0 aromatic carbocycles. The Morgan fingerprint density at radius 3 is 2.15 bits per heavy atom. The molecule has 0 unspecified atom stereocenters. The number of quaternary nitrogens is 1. The lowest BCUT2D eigenvalue weighted by atomic mass is 10.4. The van der Waals surface area contributed by atoms with E-state index in [2.05, 4.69) is 0 Å². The first kappa shape index (κ1) is 9.56. The number of hydrogen-bond donors (Lipinski definition) is 2. The van der Waals surface area contributed by atoms with Crippen molar-refractivity contribution >= 4 is 17.8 Å². The summed E-state index contributed by atoms with van der Waals surface area (Å²) >= 11 is 0. The third-order valence-corrected chi connectivity index (χ3v) is 1.75. The predicted octanol–water partition coefficient (Wildman–Crippen LogP) is -0.362. The number of nitrogens with zero attached hydrogens (tertiary/aromatic N) is 1. The molecule has 6 nitrogen and oxygen atoms in total. The fourth-order valence-electron chi connectivity index (χ4n) is 1.03. The van der Waals surface area contributed by atoms with Crippen LogP contribution in [-0.4, -0.2) is 32.7 Å². The van der Waals surface area contributed by atoms with Crippen molar-refractivity contribution in [3.8, 4) is 0 Å². The summed E-state index contributed by atoms with van der Waals surface area (Å²) in [6.07, 6.45) is 1.12. The van der Waals surface area contributed by atoms with Gasteiger partial charge in [0.2, 0.25) is 0 Å². The van der Waals surface area contributed by atoms with Crippen molar-refractivity contribution in [1.29, 1.82) is 0 Å². The van der Waals surface area contributed by atoms with Crippen LogP contribution in [0.1, 0.15) is 12.8 Å². The Morgan fingerprint density at radius 2 is 1.77 bits per heavy atom. The normalized spacial score (nSPS) is 21.3. The minimum Gasteiger partial charge on any atom is -0.478 e. The molecule has 1 fully saturated rings. The average molecular weight is 186 g/mol. The fraction of sp³-hybridized carbons (Fsp3) is 0.286. The summed E-state index contributed by atoms with van der Waals surface area (Å²) in [5.41, 5.74) is 0. The number of hydroxylamine groups is 3. The van der Waals surface area contributed by atoms with E-state index < -0.39 is 22.4 Å². The first-order valence-corrected chi connectivity index (χ1v) is 3.57. The third kappa shape index (κ3) is 1.63. The van der Waals surface area contributed by atoms with E-state index in [0.717, 1.165) is 0 Å². The van der Waals surface area contributed by atoms with Gasteiger partial charge in [0, 0.05) is 0 Å². The molecule has 0 spiro atoms. The largest absolute Gasteiger partial charge is 0.478 e. The maximum atomic E-state index is 11.0. The summed E-state index contributed by atoms with van der Waals surface area (Å²) in [7, 11) is 0. The standard InChI is InChI=1S/C7H7NO5/c9-5-1-2-6(10)8(5,13)4-3-7(11)12/h3-4,13H,1-2H2/p+1. The molecule has 1 saturated heterocycles. The minimum absolute atomic E-state index is 0.0563. The number of hydrogen-bond acceptors (Lipinski definition) is 4. The van der Waals surface area contributed by atoms with Gasteiger partial charge in [-0.15, -0.1) is 0 Å². The average Bonchev–Trinajstić information content (AvgIpc) is 2.31. The monoisotopic (exact) mass is 186 g/mol. The highest BCUT2D eigenvalue weighted by molar-refractivity contribution is 5.92. The van der Waals surface area contributed by atoms with E-state index in [1.54, 1.807) is 0 Å². The van der Waals surface area contributed by atoms with Gasteiger partial charge in [0.1, 0.15) is 0 Å². The molecule has 0 aliphatic carbocycles. The Hall–Kier alpha value is -1.53. The van der Waals surface area contributed by atoms with Gasteiger partial charge >= 0.3 is 17.8 Å². The Morgan fingerprint density at radius 1 is 1.31 bits per heavy atom. The van der Waals surface area contributed by atoms with Gasteiger partial charge in [-0.1, -0.05) is 0 Å². The van der Waals surface area contributed by atoms with Gasteiger partial charge < -0.3 is 5.11 Å². The van der Waals surface area contributed by atoms with Crippen molar-refractivity contribution in [1.82, 2.24) is 0 Å². The number of carbonyl (C=O) groups excluding carboxylic acids is 2. The third-order valence-electron chi connectivity index (χ3n) is 1.75. The van der Waals surface area contributed by atoms with Crippen LogP contribution < -0.4 is 0 Å². The van der Waals surface area contributed by atoms with Crippen LogP contribution in [-0.2, 0) is 14.4 Å². The zero-order valence-electron chi connectivity index (χ0n) is 6.64. The highest BCUT2D eigenvalue weighted by Crippen LogP contribution is 2.20. The molecule has 0 radical (unpaired) electrons. The summed E-state index contributed by atoms with van der Waals surface area (Å²) in [5, 5.41) is 17.6. The van der Waals surface area contributed by atoms with Crippen molar-refractivity contribution in [2.45, 2.75) is 12.8 Å². The van der Waals surface area contributed by atoms with Crippen molar-refractivity contribution < 1.29 is 29.3 Å². The van der Waals surface area contributed by atoms with E-state index >= 15 is 0 Å². The van der Waals surface area contributed by atoms with E-state index in [0.29, 0.717) is 12.3 Å². The Bertz CT molecular complexity index is 290. The van der Waals surface area contributed by atoms with Gasteiger partial charge in [-0.25, -0.2) is 14.4 Å². The van der Waals surface area contributed by atoms with Gasteiger partial charge in [-0.3, -0.25) is 0 Å². The first-order valence-electron chi connectivity index (χ1n) is 3.57. The molecule has 0 aromatic rings. The van der Waals surface area contributed by atoms with E-state index in [4.69, 9.17) is 5.11 Å². The smallest absolute Gasteiger partial charge is 0.358 e. The van der Waals surface area contributed by atoms with Crippen molar-refractivity contribution in [3.05, 3.63) is 12.3 Å². The first-order chi connectivity index (χ1) is 5.97. The van der Waals surface area contributed by atoms with Crippen molar-refractivity contribution in [2.75, 3.05) is 0 Å². The number of amides is 2. The SMILES string of the molecule is O=C(O)C=C[N+]1(O)C(=O)CCC1=O. The molecule has 0 aromatic heterocycles. The molecule has 70 valence electrons. The molecule has 1 heterocycles. The lowest BCUT2D eigenvalue weighted by Gasteiger charge is -2.12. The number of carboxylic acid groups (broad SMARTS) is 1. The van der Waals surface area contributed by atoms with Gasteiger partial charge in [-0.2, -0.15) is 5.21 Å². The number of carbonyl (C=O) groups is 3. The van der Waals surface area contributed by atoms with E-state index in [1.807, 2.05) is 0 Å². The number of imide groups is 1. The Balaban J connectivity index is 2.92. The van der Waals surface area contributed by atoms with E-state index in [1.165, 1.54) is 0 Å². The quantitative estimate of drug-likeness (QED) is 0.266. The number of likely N-dealkylation sites (tertiary alicyclic amines) is 1. The van der Waals surface area contributed by atoms with Crippen molar-refractivity contribution in [2.24, 2.45) is 0 Å². The van der Waals surface area contributed by atoms with Gasteiger partial charge in [-0.05, 0) is 4.65 Å². The zero-order chi connectivity index (χ0) is 10.1. The van der Waals surface area contributed by atoms with Gasteiger partial charge in [0.05, 0.1) is 18.9 Å². The molecule has 0 saturated carbocycles. The Labute approximate surface area is 73.2 Å². The van der Waals surface area contributed by atoms with Gasteiger partial charge in [0.15, 0.2) is 6.20 Å². The molecule has 1 rings (SSSR count). The lowest BCUT2D eigenvalue weighted by Crippen LogP contribution is -2.44. The van der Waals surface area contributed by atoms with E-state index in [9.17, 15) is 19.6 Å². The van der Waals surface area contributed by atoms with Crippen LogP contribution in [0, 0.1) is 0 Å². The second-order valence-electron chi connectivity index (χ2n) is 2.63. The molecule has 2 amide bonds. The Kier molecular flexibility index (Phi) is 2.26. The van der Waals surface area contributed by atoms with Crippen LogP contribution in [0.5, 0.6) is 0 Å². The highest BCUT2D eigenvalue weighted by atomic mass is 16.6. The number of carboxylic acids is 1. The van der Waals surface area contributed by atoms with Gasteiger partial charge in [0.25, 0.3) is 0 Å². The molecular formula is C7H8NO5+. The predicted molar refractivity (Wildman–Crippen MR) is 38.1 cm³/mol. The maximum absolute atomic E-state index is 11.0. The topological polar surface area (TPSA) is 91.7 Å². The molecular weight excluding hydrogens is 178 g/mol. The molecule has 6 heteroatoms.